The molecule has 1 atom stereocenters. The molecule has 0 aromatic heterocycles. The number of non-ortho nitro benzene ring substituents is 1. The van der Waals surface area contributed by atoms with Gasteiger partial charge in [0, 0.05) is 30.9 Å². The van der Waals surface area contributed by atoms with Crippen molar-refractivity contribution in [3.05, 3.63) is 33.9 Å². The molecule has 0 saturated carbocycles. The van der Waals surface area contributed by atoms with E-state index in [0.29, 0.717) is 13.0 Å². The van der Waals surface area contributed by atoms with Crippen molar-refractivity contribution in [3.8, 4) is 0 Å². The first kappa shape index (κ1) is 13.3. The number of benzene rings is 1. The quantitative estimate of drug-likeness (QED) is 0.668. The van der Waals surface area contributed by atoms with Crippen LogP contribution >= 0.6 is 0 Å². The lowest BCUT2D eigenvalue weighted by Gasteiger charge is -2.33. The number of carbonyl (C=O) groups is 1. The van der Waals surface area contributed by atoms with E-state index in [-0.39, 0.29) is 5.69 Å². The molecule has 1 aromatic carbocycles. The van der Waals surface area contributed by atoms with Crippen LogP contribution in [0.15, 0.2) is 18.2 Å². The molecule has 0 aliphatic carbocycles. The summed E-state index contributed by atoms with van der Waals surface area (Å²) in [7, 11) is 0. The molecule has 1 aromatic rings. The number of nitrogens with zero attached hydrogens (tertiary/aromatic N) is 2. The number of nitro benzene ring substituents is 1. The van der Waals surface area contributed by atoms with E-state index in [1.54, 1.807) is 6.07 Å². The van der Waals surface area contributed by atoms with Gasteiger partial charge in [-0.1, -0.05) is 6.07 Å². The molecule has 0 spiro atoms. The molecule has 6 nitrogen and oxygen atoms in total. The first-order valence-corrected chi connectivity index (χ1v) is 6.22. The van der Waals surface area contributed by atoms with Gasteiger partial charge in [-0.25, -0.2) is 0 Å². The van der Waals surface area contributed by atoms with E-state index in [0.717, 1.165) is 24.2 Å². The van der Waals surface area contributed by atoms with Gasteiger partial charge in [-0.15, -0.1) is 0 Å². The molecular formula is C13H16N2O4. The molecule has 0 bridgehead atoms. The van der Waals surface area contributed by atoms with Gasteiger partial charge in [-0.05, 0) is 25.3 Å². The molecule has 0 radical (unpaired) electrons. The second kappa shape index (κ2) is 5.26. The van der Waals surface area contributed by atoms with Crippen LogP contribution in [0.2, 0.25) is 0 Å². The Morgan fingerprint density at radius 2 is 2.26 bits per heavy atom. The van der Waals surface area contributed by atoms with Gasteiger partial charge in [0.05, 0.1) is 10.8 Å². The molecule has 6 heteroatoms. The molecule has 2 rings (SSSR count). The van der Waals surface area contributed by atoms with Gasteiger partial charge in [0.15, 0.2) is 0 Å². The Balaban J connectivity index is 2.27. The number of carboxylic acids is 1. The van der Waals surface area contributed by atoms with E-state index in [4.69, 9.17) is 5.11 Å². The minimum absolute atomic E-state index is 0.0399. The molecule has 1 saturated heterocycles. The zero-order valence-corrected chi connectivity index (χ0v) is 10.7. The summed E-state index contributed by atoms with van der Waals surface area (Å²) < 4.78 is 0. The minimum Gasteiger partial charge on any atom is -0.481 e. The highest BCUT2D eigenvalue weighted by molar-refractivity contribution is 5.71. The van der Waals surface area contributed by atoms with E-state index in [1.807, 2.05) is 11.8 Å². The first-order valence-electron chi connectivity index (χ1n) is 6.22. The molecule has 1 fully saturated rings. The van der Waals surface area contributed by atoms with Gasteiger partial charge in [-0.2, -0.15) is 0 Å². The Bertz CT molecular complexity index is 515. The fourth-order valence-electron chi connectivity index (χ4n) is 2.45. The highest BCUT2D eigenvalue weighted by atomic mass is 16.6. The Hall–Kier alpha value is -2.11. The summed E-state index contributed by atoms with van der Waals surface area (Å²) in [6.45, 7) is 3.03. The van der Waals surface area contributed by atoms with Crippen LogP contribution in [0, 0.1) is 23.0 Å². The third kappa shape index (κ3) is 2.83. The highest BCUT2D eigenvalue weighted by Gasteiger charge is 2.26. The molecule has 1 N–H and O–H groups in total. The smallest absolute Gasteiger partial charge is 0.308 e. The Morgan fingerprint density at radius 3 is 2.89 bits per heavy atom. The van der Waals surface area contributed by atoms with E-state index in [2.05, 4.69) is 0 Å². The van der Waals surface area contributed by atoms with Crippen LogP contribution in [-0.4, -0.2) is 29.1 Å². The van der Waals surface area contributed by atoms with Crippen molar-refractivity contribution in [2.24, 2.45) is 5.92 Å². The van der Waals surface area contributed by atoms with E-state index < -0.39 is 16.8 Å². The minimum atomic E-state index is -0.798. The molecule has 19 heavy (non-hydrogen) atoms. The number of rotatable bonds is 3. The monoisotopic (exact) mass is 264 g/mol. The average molecular weight is 264 g/mol. The van der Waals surface area contributed by atoms with Crippen LogP contribution in [0.1, 0.15) is 18.4 Å². The summed E-state index contributed by atoms with van der Waals surface area (Å²) in [5.74, 6) is -1.19. The van der Waals surface area contributed by atoms with Crippen molar-refractivity contribution in [1.29, 1.82) is 0 Å². The van der Waals surface area contributed by atoms with Crippen LogP contribution < -0.4 is 4.90 Å². The van der Waals surface area contributed by atoms with Crippen molar-refractivity contribution in [2.75, 3.05) is 18.0 Å². The first-order chi connectivity index (χ1) is 8.99. The molecule has 1 aliphatic rings. The lowest BCUT2D eigenvalue weighted by molar-refractivity contribution is -0.384. The summed E-state index contributed by atoms with van der Waals surface area (Å²) in [6, 6.07) is 4.70. The summed E-state index contributed by atoms with van der Waals surface area (Å²) in [6.07, 6.45) is 1.46. The van der Waals surface area contributed by atoms with Crippen LogP contribution in [0.4, 0.5) is 11.4 Å². The summed E-state index contributed by atoms with van der Waals surface area (Å²) in [5.41, 5.74) is 1.73. The highest BCUT2D eigenvalue weighted by Crippen LogP contribution is 2.29. The number of aryl methyl sites for hydroxylation is 1. The van der Waals surface area contributed by atoms with Crippen LogP contribution in [0.3, 0.4) is 0 Å². The Kier molecular flexibility index (Phi) is 3.69. The van der Waals surface area contributed by atoms with Crippen molar-refractivity contribution >= 4 is 17.3 Å². The fourth-order valence-corrected chi connectivity index (χ4v) is 2.45. The second-order valence-electron chi connectivity index (χ2n) is 4.85. The molecule has 1 aliphatic heterocycles. The number of nitro groups is 1. The maximum absolute atomic E-state index is 11.1. The third-order valence-corrected chi connectivity index (χ3v) is 3.51. The predicted molar refractivity (Wildman–Crippen MR) is 70.4 cm³/mol. The zero-order valence-electron chi connectivity index (χ0n) is 10.7. The van der Waals surface area contributed by atoms with Gasteiger partial charge < -0.3 is 10.0 Å². The van der Waals surface area contributed by atoms with Crippen molar-refractivity contribution in [2.45, 2.75) is 19.8 Å². The van der Waals surface area contributed by atoms with Gasteiger partial charge in [0.1, 0.15) is 0 Å². The molecule has 102 valence electrons. The van der Waals surface area contributed by atoms with E-state index in [9.17, 15) is 14.9 Å². The van der Waals surface area contributed by atoms with Crippen molar-refractivity contribution < 1.29 is 14.8 Å². The van der Waals surface area contributed by atoms with E-state index >= 15 is 0 Å². The second-order valence-corrected chi connectivity index (χ2v) is 4.85. The lowest BCUT2D eigenvalue weighted by atomic mass is 9.97. The number of hydrogen-bond donors (Lipinski definition) is 1. The summed E-state index contributed by atoms with van der Waals surface area (Å²) in [5, 5.41) is 19.9. The molecular weight excluding hydrogens is 248 g/mol. The number of piperidine rings is 1. The average Bonchev–Trinajstić information content (AvgIpc) is 2.39. The van der Waals surface area contributed by atoms with Crippen LogP contribution in [-0.2, 0) is 4.79 Å². The number of hydrogen-bond acceptors (Lipinski definition) is 4. The molecule has 1 unspecified atom stereocenters. The zero-order chi connectivity index (χ0) is 14.0. The molecule has 0 amide bonds. The number of carboxylic acid groups (broad SMARTS) is 1. The van der Waals surface area contributed by atoms with Crippen molar-refractivity contribution in [3.63, 3.8) is 0 Å². The predicted octanol–water partition coefficient (Wildman–Crippen LogP) is 2.20. The normalized spacial score (nSPS) is 19.2. The maximum Gasteiger partial charge on any atom is 0.308 e. The standard InChI is InChI=1S/C13H16N2O4/c1-9-4-5-11(15(18)19)7-12(9)14-6-2-3-10(8-14)13(16)17/h4-5,7,10H,2-3,6,8H2,1H3,(H,16,17). The lowest BCUT2D eigenvalue weighted by Crippen LogP contribution is -2.39. The maximum atomic E-state index is 11.1. The summed E-state index contributed by atoms with van der Waals surface area (Å²) >= 11 is 0. The van der Waals surface area contributed by atoms with Gasteiger partial charge in [-0.3, -0.25) is 14.9 Å². The Morgan fingerprint density at radius 1 is 1.53 bits per heavy atom. The fraction of sp³-hybridized carbons (Fsp3) is 0.462. The topological polar surface area (TPSA) is 83.7 Å². The largest absolute Gasteiger partial charge is 0.481 e. The van der Waals surface area contributed by atoms with Crippen LogP contribution in [0.5, 0.6) is 0 Å². The van der Waals surface area contributed by atoms with Crippen molar-refractivity contribution in [1.82, 2.24) is 0 Å². The SMILES string of the molecule is Cc1ccc([N+](=O)[O-])cc1N1CCCC(C(=O)O)C1. The number of aliphatic carboxylic acids is 1. The third-order valence-electron chi connectivity index (χ3n) is 3.51. The van der Waals surface area contributed by atoms with E-state index in [1.165, 1.54) is 12.1 Å². The van der Waals surface area contributed by atoms with Gasteiger partial charge in [0.2, 0.25) is 0 Å². The Labute approximate surface area is 110 Å². The summed E-state index contributed by atoms with van der Waals surface area (Å²) in [4.78, 5) is 23.4. The van der Waals surface area contributed by atoms with Gasteiger partial charge >= 0.3 is 5.97 Å². The van der Waals surface area contributed by atoms with Crippen LogP contribution in [0.25, 0.3) is 0 Å². The molecule has 1 heterocycles. The number of anilines is 1. The van der Waals surface area contributed by atoms with Gasteiger partial charge in [0.25, 0.3) is 5.69 Å².